The number of aliphatic hydroxyl groups excluding tert-OH is 1. The van der Waals surface area contributed by atoms with Crippen LogP contribution in [0.5, 0.6) is 17.5 Å². The van der Waals surface area contributed by atoms with Crippen LogP contribution in [0.25, 0.3) is 43.2 Å². The smallest absolute Gasteiger partial charge is 0.319 e. The topological polar surface area (TPSA) is 246 Å². The Labute approximate surface area is 549 Å². The van der Waals surface area contributed by atoms with Gasteiger partial charge in [-0.15, -0.1) is 11.3 Å². The first-order valence-electron chi connectivity index (χ1n) is 31.8. The van der Waals surface area contributed by atoms with E-state index in [1.165, 1.54) is 28.4 Å². The van der Waals surface area contributed by atoms with E-state index in [1.807, 2.05) is 75.1 Å². The summed E-state index contributed by atoms with van der Waals surface area (Å²) in [4.78, 5) is 62.6. The number of anilines is 1. The van der Waals surface area contributed by atoms with Gasteiger partial charge in [0.2, 0.25) is 17.7 Å². The van der Waals surface area contributed by atoms with Gasteiger partial charge in [0, 0.05) is 87.9 Å². The maximum atomic E-state index is 17.1. The van der Waals surface area contributed by atoms with Crippen molar-refractivity contribution in [1.29, 1.82) is 0 Å². The number of phenols is 1. The molecular weight excluding hydrogens is 1240 g/mol. The molecule has 6 heterocycles. The van der Waals surface area contributed by atoms with Crippen LogP contribution >= 0.6 is 22.9 Å². The molecule has 0 bridgehead atoms. The zero-order valence-corrected chi connectivity index (χ0v) is 54.9. The van der Waals surface area contributed by atoms with Gasteiger partial charge in [-0.25, -0.2) is 9.37 Å². The lowest BCUT2D eigenvalue weighted by Gasteiger charge is -2.35. The fourth-order valence-corrected chi connectivity index (χ4v) is 13.3. The molecule has 0 aliphatic carbocycles. The van der Waals surface area contributed by atoms with E-state index in [1.54, 1.807) is 35.5 Å². The molecule has 3 N–H and O–H groups in total. The number of aromatic hydroxyl groups is 1. The van der Waals surface area contributed by atoms with Gasteiger partial charge in [-0.05, 0) is 91.8 Å². The number of β-amino-alcohol motifs (C(OH)–C–C–N with tert-alkyl or cyclic N) is 1. The molecule has 93 heavy (non-hydrogen) atoms. The summed E-state index contributed by atoms with van der Waals surface area (Å²) < 4.78 is 64.5. The van der Waals surface area contributed by atoms with Gasteiger partial charge in [-0.3, -0.25) is 19.3 Å². The Hall–Kier alpha value is -7.39. The number of likely N-dealkylation sites (tertiary alicyclic amines) is 2. The Balaban J connectivity index is 0.601. The third-order valence-corrected chi connectivity index (χ3v) is 18.1. The Morgan fingerprint density at radius 3 is 2.23 bits per heavy atom. The van der Waals surface area contributed by atoms with Crippen molar-refractivity contribution in [2.24, 2.45) is 5.92 Å². The van der Waals surface area contributed by atoms with Crippen molar-refractivity contribution in [2.45, 2.75) is 90.7 Å². The predicted molar refractivity (Wildman–Crippen MR) is 351 cm³/mol. The standard InChI is InChI=1S/C68H83ClFN9O13S/c1-7-59(82)77-18-20-78(21-19-77)65-54-37-55(69)61(53-35-49(80)33-46-10-8-9-11-52(46)53)62(70)63(54)73-68(74-65)91-44(5)39-76-16-14-51(15-17-76)89-30-28-87-26-24-85-22-23-86-25-27-88-29-31-90-57-34-47(64-45(6)72-41-93-64)12-13-48(57)38-71-66(83)56-36-50(81)40-79(56)67(84)60(42(2)3)58-32-43(4)75-92-58/h7-13,32-35,37,41-42,44,50-51,56,60,80-81H,1,14-31,36,38-40H2,2-6H3,(H,71,83)/t44-,50?,56?,60-/m1/s1. The van der Waals surface area contributed by atoms with Crippen molar-refractivity contribution in [3.63, 3.8) is 0 Å². The van der Waals surface area contributed by atoms with Crippen molar-refractivity contribution in [1.82, 2.24) is 40.1 Å². The third kappa shape index (κ3) is 17.5. The highest BCUT2D eigenvalue weighted by Gasteiger charge is 2.43. The van der Waals surface area contributed by atoms with Crippen molar-refractivity contribution in [3.05, 3.63) is 118 Å². The van der Waals surface area contributed by atoms with E-state index in [4.69, 9.17) is 54.3 Å². The van der Waals surface area contributed by atoms with Crippen molar-refractivity contribution in [2.75, 3.05) is 123 Å². The van der Waals surface area contributed by atoms with Crippen molar-refractivity contribution in [3.8, 4) is 39.1 Å². The highest BCUT2D eigenvalue weighted by molar-refractivity contribution is 7.13. The number of fused-ring (bicyclic) bond motifs is 2. The number of amides is 3. The molecule has 3 aliphatic heterocycles. The van der Waals surface area contributed by atoms with Crippen LogP contribution in [-0.4, -0.2) is 206 Å². The number of carbonyl (C=O) groups excluding carboxylic acids is 3. The second-order valence-corrected chi connectivity index (χ2v) is 25.2. The van der Waals surface area contributed by atoms with Crippen LogP contribution in [0.15, 0.2) is 89.4 Å². The number of carbonyl (C=O) groups is 3. The second-order valence-electron chi connectivity index (χ2n) is 23.9. The van der Waals surface area contributed by atoms with Crippen LogP contribution in [0.3, 0.4) is 0 Å². The van der Waals surface area contributed by atoms with E-state index < -0.39 is 23.9 Å². The summed E-state index contributed by atoms with van der Waals surface area (Å²) in [7, 11) is 0. The van der Waals surface area contributed by atoms with E-state index in [9.17, 15) is 24.6 Å². The number of hydrogen-bond acceptors (Lipinski definition) is 20. The molecule has 3 fully saturated rings. The Kier molecular flexibility index (Phi) is 24.0. The number of thiazole rings is 1. The molecule has 498 valence electrons. The fraction of sp³-hybridized carbons (Fsp3) is 0.485. The van der Waals surface area contributed by atoms with Gasteiger partial charge >= 0.3 is 6.01 Å². The zero-order chi connectivity index (χ0) is 65.5. The van der Waals surface area contributed by atoms with Crippen molar-refractivity contribution < 1.29 is 66.7 Å². The molecule has 2 unspecified atom stereocenters. The number of rotatable bonds is 31. The lowest BCUT2D eigenvalue weighted by molar-refractivity contribution is -0.141. The molecule has 10 rings (SSSR count). The Morgan fingerprint density at radius 1 is 0.860 bits per heavy atom. The molecular formula is C68H83ClFN9O13S. The fourth-order valence-electron chi connectivity index (χ4n) is 12.2. The minimum Gasteiger partial charge on any atom is -0.508 e. The SMILES string of the molecule is C=CC(=O)N1CCN(c2nc(O[C@H](C)CN3CCC(OCCOCCOCCOCCOCCOc4cc(-c5scnc5C)ccc4CNC(=O)C4CC(O)CN4C(=O)[C@@H](c4cc(C)no4)C(C)C)CC3)nc3c(F)c(-c4cc(O)cc5ccccc45)c(Cl)cc23)CC1. The van der Waals surface area contributed by atoms with E-state index in [-0.39, 0.29) is 89.8 Å². The number of ether oxygens (including phenoxy) is 7. The molecule has 0 saturated carbocycles. The summed E-state index contributed by atoms with van der Waals surface area (Å²) in [5.74, 6) is -0.841. The summed E-state index contributed by atoms with van der Waals surface area (Å²) in [6, 6.07) is 18.9. The first-order chi connectivity index (χ1) is 45.0. The monoisotopic (exact) mass is 1320 g/mol. The number of piperidine rings is 1. The molecule has 3 aliphatic rings. The molecule has 4 atom stereocenters. The number of nitrogens with zero attached hydrogens (tertiary/aromatic N) is 8. The van der Waals surface area contributed by atoms with Gasteiger partial charge < -0.3 is 67.9 Å². The van der Waals surface area contributed by atoms with E-state index in [2.05, 4.69) is 31.9 Å². The normalized spacial score (nSPS) is 17.2. The lowest BCUT2D eigenvalue weighted by atomic mass is 9.91. The quantitative estimate of drug-likeness (QED) is 0.0271. The van der Waals surface area contributed by atoms with Gasteiger partial charge in [-0.2, -0.15) is 9.97 Å². The van der Waals surface area contributed by atoms with E-state index >= 15 is 4.39 Å². The average Bonchev–Trinajstić information content (AvgIpc) is 1.38. The third-order valence-electron chi connectivity index (χ3n) is 16.8. The van der Waals surface area contributed by atoms with Crippen LogP contribution in [0.1, 0.15) is 68.7 Å². The summed E-state index contributed by atoms with van der Waals surface area (Å²) in [5.41, 5.74) is 5.58. The summed E-state index contributed by atoms with van der Waals surface area (Å²) in [5, 5.41) is 30.3. The Morgan fingerprint density at radius 2 is 1.56 bits per heavy atom. The van der Waals surface area contributed by atoms with Crippen LogP contribution < -0.4 is 19.7 Å². The second kappa shape index (κ2) is 32.6. The van der Waals surface area contributed by atoms with E-state index in [0.717, 1.165) is 58.4 Å². The Bertz CT molecular complexity index is 3690. The molecule has 25 heteroatoms. The molecule has 3 saturated heterocycles. The van der Waals surface area contributed by atoms with Gasteiger partial charge in [-0.1, -0.05) is 73.6 Å². The summed E-state index contributed by atoms with van der Waals surface area (Å²) in [6.07, 6.45) is 1.98. The van der Waals surface area contributed by atoms with Gasteiger partial charge in [0.1, 0.15) is 53.3 Å². The number of aromatic nitrogens is 4. The highest BCUT2D eigenvalue weighted by Crippen LogP contribution is 2.43. The minimum absolute atomic E-state index is 0.0195. The lowest BCUT2D eigenvalue weighted by Crippen LogP contribution is -2.48. The molecule has 7 aromatic rings. The number of aryl methyl sites for hydroxylation is 2. The maximum Gasteiger partial charge on any atom is 0.319 e. The first-order valence-corrected chi connectivity index (χ1v) is 33.0. The van der Waals surface area contributed by atoms with E-state index in [0.29, 0.717) is 126 Å². The average molecular weight is 1320 g/mol. The van der Waals surface area contributed by atoms with Crippen LogP contribution in [0.2, 0.25) is 5.02 Å². The van der Waals surface area contributed by atoms with Crippen LogP contribution in [0.4, 0.5) is 10.2 Å². The largest absolute Gasteiger partial charge is 0.508 e. The summed E-state index contributed by atoms with van der Waals surface area (Å²) >= 11 is 8.47. The number of aliphatic hydroxyl groups is 1. The number of nitrogens with one attached hydrogen (secondary N) is 1. The number of phenolic OH excluding ortho intramolecular Hbond substituents is 1. The molecule has 0 spiro atoms. The molecule has 3 aromatic heterocycles. The zero-order valence-electron chi connectivity index (χ0n) is 53.4. The van der Waals surface area contributed by atoms with Gasteiger partial charge in [0.25, 0.3) is 0 Å². The van der Waals surface area contributed by atoms with Gasteiger partial charge in [0.05, 0.1) is 98.5 Å². The number of benzene rings is 4. The maximum absolute atomic E-state index is 17.1. The van der Waals surface area contributed by atoms with Crippen molar-refractivity contribution >= 4 is 68.2 Å². The molecule has 0 radical (unpaired) electrons. The highest BCUT2D eigenvalue weighted by atomic mass is 35.5. The minimum atomic E-state index is -0.863. The number of hydrogen-bond donors (Lipinski definition) is 3. The van der Waals surface area contributed by atoms with Crippen LogP contribution in [0, 0.1) is 25.6 Å². The molecule has 3 amide bonds. The number of halogens is 2. The molecule has 22 nitrogen and oxygen atoms in total. The predicted octanol–water partition coefficient (Wildman–Crippen LogP) is 8.92. The molecule has 4 aromatic carbocycles. The van der Waals surface area contributed by atoms with Gasteiger partial charge in [0.15, 0.2) is 5.82 Å². The summed E-state index contributed by atoms with van der Waals surface area (Å²) in [6.45, 7) is 21.0. The first kappa shape index (κ1) is 68.5. The van der Waals surface area contributed by atoms with Crippen LogP contribution in [-0.2, 0) is 44.6 Å². The number of piperazine rings is 1.